The van der Waals surface area contributed by atoms with Gasteiger partial charge in [0, 0.05) is 39.6 Å². The molecule has 2 rings (SSSR count). The molecule has 0 aliphatic carbocycles. The third-order valence-electron chi connectivity index (χ3n) is 3.79. The van der Waals surface area contributed by atoms with E-state index in [-0.39, 0.29) is 4.90 Å². The highest BCUT2D eigenvalue weighted by Crippen LogP contribution is 2.30. The Morgan fingerprint density at radius 2 is 2.25 bits per heavy atom. The van der Waals surface area contributed by atoms with E-state index in [0.29, 0.717) is 18.8 Å². The number of anilines is 1. The lowest BCUT2D eigenvalue weighted by Gasteiger charge is -2.38. The van der Waals surface area contributed by atoms with Gasteiger partial charge in [-0.1, -0.05) is 0 Å². The molecule has 0 saturated carbocycles. The minimum atomic E-state index is -3.56. The summed E-state index contributed by atoms with van der Waals surface area (Å²) in [6, 6.07) is 1.66. The van der Waals surface area contributed by atoms with Crippen molar-refractivity contribution in [2.24, 2.45) is 0 Å². The van der Waals surface area contributed by atoms with Gasteiger partial charge < -0.3 is 10.1 Å². The first-order valence-electron chi connectivity index (χ1n) is 6.60. The number of pyridine rings is 1. The van der Waals surface area contributed by atoms with Crippen LogP contribution < -0.4 is 5.32 Å². The Morgan fingerprint density at radius 3 is 2.90 bits per heavy atom. The average molecular weight is 299 g/mol. The zero-order chi connectivity index (χ0) is 14.8. The van der Waals surface area contributed by atoms with Gasteiger partial charge in [-0.2, -0.15) is 4.31 Å². The van der Waals surface area contributed by atoms with Crippen molar-refractivity contribution in [2.45, 2.75) is 30.3 Å². The van der Waals surface area contributed by atoms with Gasteiger partial charge in [-0.25, -0.2) is 8.42 Å². The van der Waals surface area contributed by atoms with Gasteiger partial charge in [-0.15, -0.1) is 0 Å². The number of ether oxygens (including phenoxy) is 1. The third kappa shape index (κ3) is 2.79. The maximum absolute atomic E-state index is 12.8. The number of sulfonamides is 1. The van der Waals surface area contributed by atoms with Crippen molar-refractivity contribution in [3.63, 3.8) is 0 Å². The summed E-state index contributed by atoms with van der Waals surface area (Å²) in [6.45, 7) is 2.82. The third-order valence-corrected chi connectivity index (χ3v) is 5.66. The molecule has 1 atom stereocenters. The lowest BCUT2D eigenvalue weighted by molar-refractivity contribution is -0.0319. The van der Waals surface area contributed by atoms with Crippen molar-refractivity contribution in [1.29, 1.82) is 0 Å². The topological polar surface area (TPSA) is 71.5 Å². The maximum atomic E-state index is 12.8. The van der Waals surface area contributed by atoms with Gasteiger partial charge in [0.2, 0.25) is 10.0 Å². The largest absolute Gasteiger partial charge is 0.387 e. The first-order valence-corrected chi connectivity index (χ1v) is 8.04. The Bertz CT molecular complexity index is 576. The number of methoxy groups -OCH3 is 1. The zero-order valence-electron chi connectivity index (χ0n) is 12.1. The standard InChI is InChI=1S/C13H21N3O3S/c1-13(19-3)6-4-8-16(10-13)20(17,18)12-9-15-7-5-11(12)14-2/h5,7,9H,4,6,8,10H2,1-3H3,(H,14,15). The van der Waals surface area contributed by atoms with Gasteiger partial charge in [0.1, 0.15) is 4.90 Å². The number of piperidine rings is 1. The van der Waals surface area contributed by atoms with Crippen LogP contribution in [0, 0.1) is 0 Å². The second kappa shape index (κ2) is 5.67. The quantitative estimate of drug-likeness (QED) is 0.907. The van der Waals surface area contributed by atoms with Crippen molar-refractivity contribution in [3.8, 4) is 0 Å². The van der Waals surface area contributed by atoms with Gasteiger partial charge in [-0.05, 0) is 25.8 Å². The summed E-state index contributed by atoms with van der Waals surface area (Å²) in [7, 11) is -0.235. The molecule has 1 aliphatic heterocycles. The zero-order valence-corrected chi connectivity index (χ0v) is 12.9. The van der Waals surface area contributed by atoms with Crippen molar-refractivity contribution in [1.82, 2.24) is 9.29 Å². The number of aromatic nitrogens is 1. The summed E-state index contributed by atoms with van der Waals surface area (Å²) in [4.78, 5) is 4.14. The Morgan fingerprint density at radius 1 is 1.50 bits per heavy atom. The van der Waals surface area contributed by atoms with Gasteiger partial charge in [0.15, 0.2) is 0 Å². The van der Waals surface area contributed by atoms with E-state index in [1.54, 1.807) is 26.4 Å². The molecule has 2 heterocycles. The molecule has 1 aromatic rings. The Balaban J connectivity index is 2.35. The Hall–Kier alpha value is -1.18. The fraction of sp³-hybridized carbons (Fsp3) is 0.615. The molecule has 0 bridgehead atoms. The van der Waals surface area contributed by atoms with Crippen LogP contribution in [-0.2, 0) is 14.8 Å². The normalized spacial score (nSPS) is 24.6. The monoisotopic (exact) mass is 299 g/mol. The Labute approximate surface area is 120 Å². The summed E-state index contributed by atoms with van der Waals surface area (Å²) in [5.74, 6) is 0. The molecule has 1 aromatic heterocycles. The van der Waals surface area contributed by atoms with E-state index in [4.69, 9.17) is 4.74 Å². The minimum absolute atomic E-state index is 0.211. The van der Waals surface area contributed by atoms with E-state index >= 15 is 0 Å². The minimum Gasteiger partial charge on any atom is -0.387 e. The summed E-state index contributed by atoms with van der Waals surface area (Å²) >= 11 is 0. The van der Waals surface area contributed by atoms with Crippen molar-refractivity contribution in [3.05, 3.63) is 18.5 Å². The van der Waals surface area contributed by atoms with Gasteiger partial charge in [0.25, 0.3) is 0 Å². The summed E-state index contributed by atoms with van der Waals surface area (Å²) in [6.07, 6.45) is 4.61. The molecule has 112 valence electrons. The first kappa shape index (κ1) is 15.2. The molecular weight excluding hydrogens is 278 g/mol. The van der Waals surface area contributed by atoms with E-state index in [1.165, 1.54) is 10.5 Å². The van der Waals surface area contributed by atoms with Crippen LogP contribution in [0.2, 0.25) is 0 Å². The predicted octanol–water partition coefficient (Wildman–Crippen LogP) is 1.31. The molecule has 1 unspecified atom stereocenters. The van der Waals surface area contributed by atoms with Crippen LogP contribution in [-0.4, -0.2) is 50.6 Å². The molecule has 0 spiro atoms. The molecule has 0 aromatic carbocycles. The molecule has 6 nitrogen and oxygen atoms in total. The number of hydrogen-bond donors (Lipinski definition) is 1. The number of rotatable bonds is 4. The number of nitrogens with zero attached hydrogens (tertiary/aromatic N) is 2. The summed E-state index contributed by atoms with van der Waals surface area (Å²) in [5.41, 5.74) is 0.137. The molecule has 1 saturated heterocycles. The van der Waals surface area contributed by atoms with Crippen LogP contribution in [0.15, 0.2) is 23.4 Å². The van der Waals surface area contributed by atoms with Crippen LogP contribution in [0.3, 0.4) is 0 Å². The average Bonchev–Trinajstić information content (AvgIpc) is 2.47. The Kier molecular flexibility index (Phi) is 4.31. The number of hydrogen-bond acceptors (Lipinski definition) is 5. The van der Waals surface area contributed by atoms with Gasteiger partial charge >= 0.3 is 0 Å². The predicted molar refractivity (Wildman–Crippen MR) is 77.2 cm³/mol. The first-order chi connectivity index (χ1) is 9.43. The van der Waals surface area contributed by atoms with Crippen LogP contribution in [0.5, 0.6) is 0 Å². The smallest absolute Gasteiger partial charge is 0.246 e. The summed E-state index contributed by atoms with van der Waals surface area (Å²) in [5, 5.41) is 2.90. The molecule has 1 N–H and O–H groups in total. The second-order valence-corrected chi connectivity index (χ2v) is 7.12. The molecule has 20 heavy (non-hydrogen) atoms. The molecule has 1 fully saturated rings. The van der Waals surface area contributed by atoms with Crippen LogP contribution in [0.25, 0.3) is 0 Å². The molecule has 1 aliphatic rings. The second-order valence-electron chi connectivity index (χ2n) is 5.22. The summed E-state index contributed by atoms with van der Waals surface area (Å²) < 4.78 is 32.5. The van der Waals surface area contributed by atoms with E-state index in [0.717, 1.165) is 12.8 Å². The maximum Gasteiger partial charge on any atom is 0.246 e. The molecule has 0 amide bonds. The van der Waals surface area contributed by atoms with Crippen molar-refractivity contribution in [2.75, 3.05) is 32.6 Å². The lowest BCUT2D eigenvalue weighted by Crippen LogP contribution is -2.49. The molecular formula is C13H21N3O3S. The van der Waals surface area contributed by atoms with Crippen LogP contribution in [0.1, 0.15) is 19.8 Å². The van der Waals surface area contributed by atoms with Crippen LogP contribution >= 0.6 is 0 Å². The highest BCUT2D eigenvalue weighted by molar-refractivity contribution is 7.89. The van der Waals surface area contributed by atoms with Crippen LogP contribution in [0.4, 0.5) is 5.69 Å². The van der Waals surface area contributed by atoms with Gasteiger partial charge in [0.05, 0.1) is 11.3 Å². The van der Waals surface area contributed by atoms with E-state index < -0.39 is 15.6 Å². The highest BCUT2D eigenvalue weighted by Gasteiger charge is 2.37. The molecule has 7 heteroatoms. The fourth-order valence-corrected chi connectivity index (χ4v) is 4.20. The fourth-order valence-electron chi connectivity index (χ4n) is 2.46. The van der Waals surface area contributed by atoms with Gasteiger partial charge in [-0.3, -0.25) is 4.98 Å². The van der Waals surface area contributed by atoms with Crippen molar-refractivity contribution < 1.29 is 13.2 Å². The van der Waals surface area contributed by atoms with E-state index in [9.17, 15) is 8.42 Å². The lowest BCUT2D eigenvalue weighted by atomic mass is 9.96. The molecule has 0 radical (unpaired) electrons. The SMILES string of the molecule is CNc1ccncc1S(=O)(=O)N1CCCC(C)(OC)C1. The van der Waals surface area contributed by atoms with Crippen molar-refractivity contribution >= 4 is 15.7 Å². The highest BCUT2D eigenvalue weighted by atomic mass is 32.2. The number of nitrogens with one attached hydrogen (secondary N) is 1. The van der Waals surface area contributed by atoms with E-state index in [2.05, 4.69) is 10.3 Å². The van der Waals surface area contributed by atoms with E-state index in [1.807, 2.05) is 6.92 Å².